The zero-order chi connectivity index (χ0) is 10.6. The highest BCUT2D eigenvalue weighted by molar-refractivity contribution is 5.73. The van der Waals surface area contributed by atoms with Crippen molar-refractivity contribution in [3.8, 4) is 0 Å². The minimum Gasteiger partial charge on any atom is -0.480 e. The van der Waals surface area contributed by atoms with Crippen LogP contribution in [0.15, 0.2) is 18.3 Å². The van der Waals surface area contributed by atoms with Gasteiger partial charge in [0.05, 0.1) is 0 Å². The lowest BCUT2D eigenvalue weighted by molar-refractivity contribution is -0.135. The molecule has 0 spiro atoms. The van der Waals surface area contributed by atoms with Crippen molar-refractivity contribution < 1.29 is 9.90 Å². The number of aryl methyl sites for hydroxylation is 1. The van der Waals surface area contributed by atoms with Gasteiger partial charge in [0.25, 0.3) is 0 Å². The Kier molecular flexibility index (Phi) is 3.45. The van der Waals surface area contributed by atoms with Gasteiger partial charge in [0.15, 0.2) is 0 Å². The minimum absolute atomic E-state index is 0.00560. The molecule has 4 nitrogen and oxygen atoms in total. The van der Waals surface area contributed by atoms with Gasteiger partial charge < -0.3 is 10.0 Å². The summed E-state index contributed by atoms with van der Waals surface area (Å²) in [6.07, 6.45) is 1.67. The number of carboxylic acid groups (broad SMARTS) is 1. The lowest BCUT2D eigenvalue weighted by atomic mass is 10.2. The highest BCUT2D eigenvalue weighted by Gasteiger charge is 2.11. The third kappa shape index (κ3) is 2.45. The van der Waals surface area contributed by atoms with Crippen LogP contribution < -0.4 is 4.90 Å². The van der Waals surface area contributed by atoms with Crippen molar-refractivity contribution in [1.29, 1.82) is 0 Å². The van der Waals surface area contributed by atoms with Crippen LogP contribution >= 0.6 is 0 Å². The highest BCUT2D eigenvalue weighted by Crippen LogP contribution is 2.14. The van der Waals surface area contributed by atoms with E-state index < -0.39 is 5.97 Å². The summed E-state index contributed by atoms with van der Waals surface area (Å²) >= 11 is 0. The van der Waals surface area contributed by atoms with Crippen LogP contribution in [-0.4, -0.2) is 29.1 Å². The van der Waals surface area contributed by atoms with E-state index in [2.05, 4.69) is 4.98 Å². The zero-order valence-electron chi connectivity index (χ0n) is 8.40. The Morgan fingerprint density at radius 3 is 2.86 bits per heavy atom. The Labute approximate surface area is 83.2 Å². The first-order valence-electron chi connectivity index (χ1n) is 4.53. The Balaban J connectivity index is 2.89. The third-order valence-electron chi connectivity index (χ3n) is 1.99. The molecule has 1 aromatic rings. The second-order valence-corrected chi connectivity index (χ2v) is 3.05. The van der Waals surface area contributed by atoms with Crippen LogP contribution in [0.4, 0.5) is 5.82 Å². The number of nitrogens with zero attached hydrogens (tertiary/aromatic N) is 2. The first-order valence-corrected chi connectivity index (χ1v) is 4.53. The van der Waals surface area contributed by atoms with Crippen molar-refractivity contribution >= 4 is 11.8 Å². The van der Waals surface area contributed by atoms with E-state index in [9.17, 15) is 4.79 Å². The molecule has 14 heavy (non-hydrogen) atoms. The molecule has 0 bridgehead atoms. The molecule has 0 aromatic carbocycles. The topological polar surface area (TPSA) is 53.4 Å². The molecule has 4 heteroatoms. The molecular formula is C10H14N2O2. The van der Waals surface area contributed by atoms with Gasteiger partial charge in [-0.3, -0.25) is 4.79 Å². The Bertz CT molecular complexity index is 326. The molecular weight excluding hydrogens is 180 g/mol. The maximum absolute atomic E-state index is 10.6. The summed E-state index contributed by atoms with van der Waals surface area (Å²) in [5.74, 6) is -0.0886. The minimum atomic E-state index is -0.836. The second kappa shape index (κ2) is 4.60. The maximum atomic E-state index is 10.6. The number of aliphatic carboxylic acids is 1. The van der Waals surface area contributed by atoms with Gasteiger partial charge in [0.1, 0.15) is 12.4 Å². The predicted octanol–water partition coefficient (Wildman–Crippen LogP) is 1.30. The molecule has 0 amide bonds. The van der Waals surface area contributed by atoms with E-state index in [1.54, 1.807) is 11.1 Å². The molecule has 0 radical (unpaired) electrons. The van der Waals surface area contributed by atoms with Crippen molar-refractivity contribution in [2.24, 2.45) is 0 Å². The lowest BCUT2D eigenvalue weighted by Gasteiger charge is -2.20. The summed E-state index contributed by atoms with van der Waals surface area (Å²) in [7, 11) is 0. The van der Waals surface area contributed by atoms with Crippen LogP contribution in [0.25, 0.3) is 0 Å². The molecule has 0 fully saturated rings. The molecule has 0 unspecified atom stereocenters. The summed E-state index contributed by atoms with van der Waals surface area (Å²) in [4.78, 5) is 16.5. The Hall–Kier alpha value is -1.58. The molecule has 1 rings (SSSR count). The number of likely N-dealkylation sites (N-methyl/N-ethyl adjacent to an activating group) is 1. The predicted molar refractivity (Wildman–Crippen MR) is 54.5 cm³/mol. The first kappa shape index (κ1) is 10.5. The lowest BCUT2D eigenvalue weighted by Crippen LogP contribution is -2.30. The van der Waals surface area contributed by atoms with Gasteiger partial charge in [-0.2, -0.15) is 0 Å². The first-order chi connectivity index (χ1) is 6.65. The molecule has 1 aromatic heterocycles. The largest absolute Gasteiger partial charge is 0.480 e. The molecule has 0 atom stereocenters. The van der Waals surface area contributed by atoms with Gasteiger partial charge in [-0.25, -0.2) is 4.98 Å². The number of aromatic nitrogens is 1. The summed E-state index contributed by atoms with van der Waals surface area (Å²) in [5, 5.41) is 8.70. The van der Waals surface area contributed by atoms with E-state index in [0.717, 1.165) is 11.4 Å². The number of rotatable bonds is 4. The van der Waals surface area contributed by atoms with Crippen LogP contribution in [0.3, 0.4) is 0 Å². The zero-order valence-corrected chi connectivity index (χ0v) is 8.40. The van der Waals surface area contributed by atoms with Gasteiger partial charge in [-0.15, -0.1) is 0 Å². The van der Waals surface area contributed by atoms with E-state index in [1.165, 1.54) is 0 Å². The average Bonchev–Trinajstić information content (AvgIpc) is 2.15. The molecule has 0 aliphatic rings. The molecule has 0 saturated carbocycles. The normalized spacial score (nSPS) is 9.86. The van der Waals surface area contributed by atoms with E-state index >= 15 is 0 Å². The fourth-order valence-electron chi connectivity index (χ4n) is 1.31. The number of pyridine rings is 1. The molecule has 0 aliphatic heterocycles. The van der Waals surface area contributed by atoms with E-state index in [0.29, 0.717) is 6.54 Å². The van der Waals surface area contributed by atoms with Crippen molar-refractivity contribution in [2.75, 3.05) is 18.0 Å². The van der Waals surface area contributed by atoms with Gasteiger partial charge in [-0.05, 0) is 25.5 Å². The molecule has 76 valence electrons. The third-order valence-corrected chi connectivity index (χ3v) is 1.99. The van der Waals surface area contributed by atoms with Crippen molar-refractivity contribution in [3.63, 3.8) is 0 Å². The number of hydrogen-bond donors (Lipinski definition) is 1. The van der Waals surface area contributed by atoms with Crippen LogP contribution in [-0.2, 0) is 4.79 Å². The Morgan fingerprint density at radius 2 is 2.36 bits per heavy atom. The van der Waals surface area contributed by atoms with Crippen molar-refractivity contribution in [3.05, 3.63) is 23.9 Å². The van der Waals surface area contributed by atoms with Crippen molar-refractivity contribution in [2.45, 2.75) is 13.8 Å². The summed E-state index contributed by atoms with van der Waals surface area (Å²) in [5.41, 5.74) is 0.996. The van der Waals surface area contributed by atoms with E-state index in [-0.39, 0.29) is 6.54 Å². The van der Waals surface area contributed by atoms with Gasteiger partial charge in [0, 0.05) is 12.7 Å². The molecule has 1 heterocycles. The molecule has 0 saturated heterocycles. The number of carbonyl (C=O) groups is 1. The summed E-state index contributed by atoms with van der Waals surface area (Å²) < 4.78 is 0. The highest BCUT2D eigenvalue weighted by atomic mass is 16.4. The van der Waals surface area contributed by atoms with Crippen LogP contribution in [0, 0.1) is 6.92 Å². The number of anilines is 1. The van der Waals surface area contributed by atoms with Crippen LogP contribution in [0.5, 0.6) is 0 Å². The SMILES string of the molecule is CCN(CC(=O)O)c1ncccc1C. The average molecular weight is 194 g/mol. The van der Waals surface area contributed by atoms with Crippen LogP contribution in [0.1, 0.15) is 12.5 Å². The second-order valence-electron chi connectivity index (χ2n) is 3.05. The monoisotopic (exact) mass is 194 g/mol. The van der Waals surface area contributed by atoms with Gasteiger partial charge in [0.2, 0.25) is 0 Å². The molecule has 1 N–H and O–H groups in total. The fourth-order valence-corrected chi connectivity index (χ4v) is 1.31. The number of hydrogen-bond acceptors (Lipinski definition) is 3. The number of carboxylic acids is 1. The molecule has 0 aliphatic carbocycles. The van der Waals surface area contributed by atoms with Gasteiger partial charge >= 0.3 is 5.97 Å². The van der Waals surface area contributed by atoms with E-state index in [4.69, 9.17) is 5.11 Å². The fraction of sp³-hybridized carbons (Fsp3) is 0.400. The Morgan fingerprint density at radius 1 is 1.64 bits per heavy atom. The van der Waals surface area contributed by atoms with E-state index in [1.807, 2.05) is 26.0 Å². The van der Waals surface area contributed by atoms with Gasteiger partial charge in [-0.1, -0.05) is 6.07 Å². The standard InChI is InChI=1S/C10H14N2O2/c1-3-12(7-9(13)14)10-8(2)5-4-6-11-10/h4-6H,3,7H2,1-2H3,(H,13,14). The van der Waals surface area contributed by atoms with Crippen molar-refractivity contribution in [1.82, 2.24) is 4.98 Å². The van der Waals surface area contributed by atoms with Crippen LogP contribution in [0.2, 0.25) is 0 Å². The quantitative estimate of drug-likeness (QED) is 0.785. The summed E-state index contributed by atoms with van der Waals surface area (Å²) in [6.45, 7) is 4.47. The maximum Gasteiger partial charge on any atom is 0.323 e. The summed E-state index contributed by atoms with van der Waals surface area (Å²) in [6, 6.07) is 3.76. The smallest absolute Gasteiger partial charge is 0.323 e.